The summed E-state index contributed by atoms with van der Waals surface area (Å²) < 4.78 is 25.6. The first kappa shape index (κ1) is 27.7. The molecule has 206 valence electrons. The van der Waals surface area contributed by atoms with Gasteiger partial charge in [-0.05, 0) is 62.7 Å². The van der Waals surface area contributed by atoms with E-state index in [-0.39, 0.29) is 12.2 Å². The third kappa shape index (κ3) is 5.29. The SMILES string of the molecule is CCOC(=O)C1=C(C)N=c2s/c(=C\c3ccc(-c4cccc(Br)c4)o3)c(=O)n2[C@@H]1c1ccc(OC)c(OCC)c1. The monoisotopic (exact) mass is 622 g/mol. The number of hydrogen-bond donors (Lipinski definition) is 0. The highest BCUT2D eigenvalue weighted by atomic mass is 79.9. The molecule has 0 aliphatic carbocycles. The van der Waals surface area contributed by atoms with Gasteiger partial charge in [-0.25, -0.2) is 9.79 Å². The first-order valence-electron chi connectivity index (χ1n) is 12.7. The van der Waals surface area contributed by atoms with Crippen LogP contribution in [-0.4, -0.2) is 30.9 Å². The maximum atomic E-state index is 13.9. The van der Waals surface area contributed by atoms with E-state index < -0.39 is 12.0 Å². The molecule has 3 heterocycles. The Hall–Kier alpha value is -3.89. The van der Waals surface area contributed by atoms with Crippen LogP contribution in [-0.2, 0) is 9.53 Å². The molecule has 0 N–H and O–H groups in total. The molecule has 1 aliphatic rings. The molecule has 0 radical (unpaired) electrons. The van der Waals surface area contributed by atoms with Gasteiger partial charge in [0.2, 0.25) is 0 Å². The Kier molecular flexibility index (Phi) is 8.09. The highest BCUT2D eigenvalue weighted by Gasteiger charge is 2.34. The Morgan fingerprint density at radius 2 is 1.95 bits per heavy atom. The van der Waals surface area contributed by atoms with Crippen LogP contribution in [0.4, 0.5) is 0 Å². The van der Waals surface area contributed by atoms with Crippen molar-refractivity contribution in [3.63, 3.8) is 0 Å². The number of carbonyl (C=O) groups is 1. The van der Waals surface area contributed by atoms with Gasteiger partial charge in [0.25, 0.3) is 5.56 Å². The van der Waals surface area contributed by atoms with Gasteiger partial charge in [0, 0.05) is 16.1 Å². The predicted molar refractivity (Wildman–Crippen MR) is 156 cm³/mol. The van der Waals surface area contributed by atoms with Crippen molar-refractivity contribution in [3.8, 4) is 22.8 Å². The van der Waals surface area contributed by atoms with Crippen LogP contribution in [0.3, 0.4) is 0 Å². The molecule has 0 amide bonds. The van der Waals surface area contributed by atoms with Gasteiger partial charge >= 0.3 is 5.97 Å². The average molecular weight is 624 g/mol. The molecule has 0 saturated carbocycles. The number of ether oxygens (including phenoxy) is 3. The van der Waals surface area contributed by atoms with Gasteiger partial charge in [-0.15, -0.1) is 0 Å². The fourth-order valence-electron chi connectivity index (χ4n) is 4.60. The van der Waals surface area contributed by atoms with Crippen LogP contribution in [0.25, 0.3) is 17.4 Å². The number of allylic oxidation sites excluding steroid dienone is 1. The van der Waals surface area contributed by atoms with Gasteiger partial charge in [-0.2, -0.15) is 0 Å². The number of nitrogens with zero attached hydrogens (tertiary/aromatic N) is 2. The average Bonchev–Trinajstić information content (AvgIpc) is 3.52. The minimum absolute atomic E-state index is 0.193. The number of methoxy groups -OCH3 is 1. The first-order chi connectivity index (χ1) is 19.3. The lowest BCUT2D eigenvalue weighted by Crippen LogP contribution is -2.39. The lowest BCUT2D eigenvalue weighted by Gasteiger charge is -2.25. The summed E-state index contributed by atoms with van der Waals surface area (Å²) in [5.41, 5.74) is 2.07. The Labute approximate surface area is 243 Å². The zero-order valence-corrected chi connectivity index (χ0v) is 24.8. The quantitative estimate of drug-likeness (QED) is 0.250. The molecule has 2 aromatic carbocycles. The summed E-state index contributed by atoms with van der Waals surface area (Å²) in [5, 5.41) is 0. The number of rotatable bonds is 8. The van der Waals surface area contributed by atoms with Gasteiger partial charge in [0.1, 0.15) is 11.5 Å². The number of halogens is 1. The van der Waals surface area contributed by atoms with Gasteiger partial charge in [0.05, 0.1) is 42.2 Å². The van der Waals surface area contributed by atoms with E-state index in [9.17, 15) is 9.59 Å². The second-order valence-electron chi connectivity index (χ2n) is 8.86. The number of hydrogen-bond acceptors (Lipinski definition) is 8. The number of benzene rings is 2. The predicted octanol–water partition coefficient (Wildman–Crippen LogP) is 5.23. The zero-order valence-electron chi connectivity index (χ0n) is 22.4. The number of thiazole rings is 1. The van der Waals surface area contributed by atoms with E-state index in [0.29, 0.717) is 55.8 Å². The second-order valence-corrected chi connectivity index (χ2v) is 10.8. The maximum absolute atomic E-state index is 13.9. The summed E-state index contributed by atoms with van der Waals surface area (Å²) in [6.45, 7) is 5.98. The normalized spacial score (nSPS) is 15.0. The van der Waals surface area contributed by atoms with Gasteiger partial charge in [0.15, 0.2) is 16.3 Å². The summed E-state index contributed by atoms with van der Waals surface area (Å²) in [6, 6.07) is 16.1. The summed E-state index contributed by atoms with van der Waals surface area (Å²) in [5.74, 6) is 1.75. The molecule has 2 aromatic heterocycles. The van der Waals surface area contributed by atoms with Crippen molar-refractivity contribution >= 4 is 39.3 Å². The van der Waals surface area contributed by atoms with Gasteiger partial charge in [-0.3, -0.25) is 9.36 Å². The molecule has 1 atom stereocenters. The van der Waals surface area contributed by atoms with E-state index in [1.54, 1.807) is 39.2 Å². The highest BCUT2D eigenvalue weighted by Crippen LogP contribution is 2.36. The molecule has 0 fully saturated rings. The van der Waals surface area contributed by atoms with Crippen LogP contribution in [0.1, 0.15) is 38.1 Å². The van der Waals surface area contributed by atoms with Crippen LogP contribution in [0, 0.1) is 0 Å². The second kappa shape index (κ2) is 11.7. The number of fused-ring (bicyclic) bond motifs is 1. The van der Waals surface area contributed by atoms with Crippen molar-refractivity contribution in [2.75, 3.05) is 20.3 Å². The first-order valence-corrected chi connectivity index (χ1v) is 14.3. The number of carbonyl (C=O) groups excluding carboxylic acids is 1. The van der Waals surface area contributed by atoms with Crippen molar-refractivity contribution < 1.29 is 23.4 Å². The largest absolute Gasteiger partial charge is 0.493 e. The zero-order chi connectivity index (χ0) is 28.4. The van der Waals surface area contributed by atoms with Crippen molar-refractivity contribution in [3.05, 3.63) is 101 Å². The van der Waals surface area contributed by atoms with Crippen molar-refractivity contribution in [2.24, 2.45) is 4.99 Å². The third-order valence-electron chi connectivity index (χ3n) is 6.33. The maximum Gasteiger partial charge on any atom is 0.338 e. The lowest BCUT2D eigenvalue weighted by atomic mass is 9.95. The molecule has 0 saturated heterocycles. The minimum Gasteiger partial charge on any atom is -0.493 e. The minimum atomic E-state index is -0.767. The van der Waals surface area contributed by atoms with E-state index in [4.69, 9.17) is 18.6 Å². The molecule has 40 heavy (non-hydrogen) atoms. The summed E-state index contributed by atoms with van der Waals surface area (Å²) in [4.78, 5) is 32.2. The van der Waals surface area contributed by atoms with Crippen LogP contribution in [0.15, 0.2) is 84.5 Å². The Morgan fingerprint density at radius 1 is 1.12 bits per heavy atom. The number of aromatic nitrogens is 1. The van der Waals surface area contributed by atoms with E-state index in [0.717, 1.165) is 10.0 Å². The topological polar surface area (TPSA) is 92.3 Å². The number of furan rings is 1. The van der Waals surface area contributed by atoms with Gasteiger partial charge in [-0.1, -0.05) is 45.5 Å². The molecule has 4 aromatic rings. The molecule has 1 aliphatic heterocycles. The van der Waals surface area contributed by atoms with Crippen molar-refractivity contribution in [2.45, 2.75) is 26.8 Å². The standard InChI is InChI=1S/C30H27BrN2O6S/c1-5-37-24-15-19(10-12-23(24)36-4)27-26(29(35)38-6-2)17(3)32-30-33(27)28(34)25(40-30)16-21-11-13-22(39-21)18-8-7-9-20(31)14-18/h7-16,27H,5-6H2,1-4H3/b25-16-/t27-/m1/s1. The molecule has 8 nitrogen and oxygen atoms in total. The summed E-state index contributed by atoms with van der Waals surface area (Å²) >= 11 is 4.72. The molecule has 0 spiro atoms. The smallest absolute Gasteiger partial charge is 0.338 e. The van der Waals surface area contributed by atoms with E-state index >= 15 is 0 Å². The Balaban J connectivity index is 1.66. The molecule has 5 rings (SSSR count). The Bertz CT molecular complexity index is 1800. The van der Waals surface area contributed by atoms with E-state index in [1.165, 1.54) is 15.9 Å². The van der Waals surface area contributed by atoms with Crippen LogP contribution >= 0.6 is 27.3 Å². The third-order valence-corrected chi connectivity index (χ3v) is 7.81. The molecule has 10 heteroatoms. The molecule has 0 bridgehead atoms. The lowest BCUT2D eigenvalue weighted by molar-refractivity contribution is -0.139. The molecular formula is C30H27BrN2O6S. The van der Waals surface area contributed by atoms with Crippen LogP contribution < -0.4 is 24.4 Å². The highest BCUT2D eigenvalue weighted by molar-refractivity contribution is 9.10. The van der Waals surface area contributed by atoms with E-state index in [2.05, 4.69) is 20.9 Å². The summed E-state index contributed by atoms with van der Waals surface area (Å²) in [7, 11) is 1.56. The van der Waals surface area contributed by atoms with Crippen LogP contribution in [0.5, 0.6) is 11.5 Å². The van der Waals surface area contributed by atoms with Crippen molar-refractivity contribution in [1.82, 2.24) is 4.57 Å². The van der Waals surface area contributed by atoms with E-state index in [1.807, 2.05) is 49.4 Å². The summed E-state index contributed by atoms with van der Waals surface area (Å²) in [6.07, 6.45) is 1.70. The fourth-order valence-corrected chi connectivity index (χ4v) is 6.02. The van der Waals surface area contributed by atoms with Crippen molar-refractivity contribution in [1.29, 1.82) is 0 Å². The number of esters is 1. The molecule has 0 unspecified atom stereocenters. The van der Waals surface area contributed by atoms with Gasteiger partial charge < -0.3 is 18.6 Å². The fraction of sp³-hybridized carbons (Fsp3) is 0.233. The molecular weight excluding hydrogens is 596 g/mol. The Morgan fingerprint density at radius 3 is 2.67 bits per heavy atom. The van der Waals surface area contributed by atoms with Crippen LogP contribution in [0.2, 0.25) is 0 Å².